The molecule has 1 N–H and O–H groups in total. The van der Waals surface area contributed by atoms with E-state index in [0.717, 1.165) is 21.3 Å². The van der Waals surface area contributed by atoms with E-state index in [1.165, 1.54) is 4.90 Å². The number of hydrogen-bond donors (Lipinski definition) is 1. The van der Waals surface area contributed by atoms with Gasteiger partial charge >= 0.3 is 0 Å². The lowest BCUT2D eigenvalue weighted by Crippen LogP contribution is -2.40. The van der Waals surface area contributed by atoms with E-state index in [1.54, 1.807) is 25.3 Å². The van der Waals surface area contributed by atoms with E-state index < -0.39 is 0 Å². The molecule has 0 atom stereocenters. The smallest absolute Gasteiger partial charge is 0.254 e. The summed E-state index contributed by atoms with van der Waals surface area (Å²) in [6, 6.07) is 12.9. The zero-order valence-corrected chi connectivity index (χ0v) is 16.8. The fourth-order valence-corrected chi connectivity index (χ4v) is 2.91. The van der Waals surface area contributed by atoms with Gasteiger partial charge in [0.15, 0.2) is 0 Å². The van der Waals surface area contributed by atoms with Crippen molar-refractivity contribution in [3.05, 3.63) is 63.6 Å². The summed E-state index contributed by atoms with van der Waals surface area (Å²) in [5.74, 6) is -0.447. The lowest BCUT2D eigenvalue weighted by Gasteiger charge is -2.22. The zero-order valence-electron chi connectivity index (χ0n) is 15.2. The lowest BCUT2D eigenvalue weighted by molar-refractivity contribution is -0.117. The molecule has 5 nitrogen and oxygen atoms in total. The van der Waals surface area contributed by atoms with Crippen LogP contribution >= 0.6 is 15.9 Å². The van der Waals surface area contributed by atoms with Crippen molar-refractivity contribution >= 4 is 33.4 Å². The quantitative estimate of drug-likeness (QED) is 0.743. The highest BCUT2D eigenvalue weighted by Gasteiger charge is 2.19. The molecule has 138 valence electrons. The van der Waals surface area contributed by atoms with E-state index in [9.17, 15) is 9.59 Å². The van der Waals surface area contributed by atoms with Crippen LogP contribution in [0.25, 0.3) is 0 Å². The largest absolute Gasteiger partial charge is 0.383 e. The molecule has 2 aromatic carbocycles. The minimum absolute atomic E-state index is 0.0396. The summed E-state index contributed by atoms with van der Waals surface area (Å²) >= 11 is 3.37. The van der Waals surface area contributed by atoms with Gasteiger partial charge in [-0.05, 0) is 49.2 Å². The summed E-state index contributed by atoms with van der Waals surface area (Å²) in [6.45, 7) is 4.60. The number of anilines is 1. The van der Waals surface area contributed by atoms with Crippen molar-refractivity contribution in [2.75, 3.05) is 32.1 Å². The fraction of sp³-hybridized carbons (Fsp3) is 0.300. The molecule has 0 heterocycles. The van der Waals surface area contributed by atoms with Crippen LogP contribution < -0.4 is 5.32 Å². The third-order valence-corrected chi connectivity index (χ3v) is 4.63. The Balaban J connectivity index is 2.12. The summed E-state index contributed by atoms with van der Waals surface area (Å²) in [4.78, 5) is 26.8. The van der Waals surface area contributed by atoms with Crippen LogP contribution in [-0.4, -0.2) is 43.5 Å². The Labute approximate surface area is 162 Å². The normalized spacial score (nSPS) is 10.5. The van der Waals surface area contributed by atoms with Crippen molar-refractivity contribution in [2.45, 2.75) is 13.8 Å². The van der Waals surface area contributed by atoms with Crippen molar-refractivity contribution in [2.24, 2.45) is 0 Å². The van der Waals surface area contributed by atoms with Crippen LogP contribution in [0.5, 0.6) is 0 Å². The maximum absolute atomic E-state index is 12.8. The molecule has 2 amide bonds. The summed E-state index contributed by atoms with van der Waals surface area (Å²) in [5.41, 5.74) is 3.40. The van der Waals surface area contributed by atoms with Gasteiger partial charge in [0.1, 0.15) is 6.54 Å². The third-order valence-electron chi connectivity index (χ3n) is 4.14. The number of aryl methyl sites for hydroxylation is 1. The highest BCUT2D eigenvalue weighted by Crippen LogP contribution is 2.18. The Bertz CT molecular complexity index is 792. The van der Waals surface area contributed by atoms with E-state index in [4.69, 9.17) is 4.74 Å². The van der Waals surface area contributed by atoms with Gasteiger partial charge < -0.3 is 15.0 Å². The Kier molecular flexibility index (Phi) is 7.36. The van der Waals surface area contributed by atoms with Crippen LogP contribution in [0.4, 0.5) is 5.69 Å². The zero-order chi connectivity index (χ0) is 19.1. The Hall–Kier alpha value is -2.18. The highest BCUT2D eigenvalue weighted by atomic mass is 79.9. The number of methoxy groups -OCH3 is 1. The van der Waals surface area contributed by atoms with Crippen molar-refractivity contribution in [1.29, 1.82) is 0 Å². The molecule has 26 heavy (non-hydrogen) atoms. The Morgan fingerprint density at radius 2 is 1.88 bits per heavy atom. The molecule has 0 aromatic heterocycles. The number of carbonyl (C=O) groups is 2. The van der Waals surface area contributed by atoms with E-state index >= 15 is 0 Å². The lowest BCUT2D eigenvalue weighted by atomic mass is 10.1. The van der Waals surface area contributed by atoms with Crippen molar-refractivity contribution < 1.29 is 14.3 Å². The van der Waals surface area contributed by atoms with Crippen LogP contribution in [0, 0.1) is 13.8 Å². The second-order valence-corrected chi connectivity index (χ2v) is 6.94. The summed E-state index contributed by atoms with van der Waals surface area (Å²) in [6.07, 6.45) is 0. The first kappa shape index (κ1) is 20.1. The number of hydrogen-bond acceptors (Lipinski definition) is 3. The maximum atomic E-state index is 12.8. The fourth-order valence-electron chi connectivity index (χ4n) is 2.51. The van der Waals surface area contributed by atoms with Crippen LogP contribution in [0.2, 0.25) is 0 Å². The van der Waals surface area contributed by atoms with Crippen LogP contribution in [0.15, 0.2) is 46.9 Å². The minimum atomic E-state index is -0.238. The van der Waals surface area contributed by atoms with Gasteiger partial charge in [0.2, 0.25) is 5.91 Å². The number of amides is 2. The molecule has 0 spiro atoms. The van der Waals surface area contributed by atoms with Crippen molar-refractivity contribution in [3.8, 4) is 0 Å². The van der Waals surface area contributed by atoms with Gasteiger partial charge in [0, 0.05) is 29.4 Å². The molecule has 0 bridgehead atoms. The van der Waals surface area contributed by atoms with Gasteiger partial charge in [-0.15, -0.1) is 0 Å². The van der Waals surface area contributed by atoms with Gasteiger partial charge in [-0.1, -0.05) is 34.1 Å². The maximum Gasteiger partial charge on any atom is 0.254 e. The van der Waals surface area contributed by atoms with Crippen LogP contribution in [-0.2, 0) is 9.53 Å². The molecule has 0 saturated carbocycles. The highest BCUT2D eigenvalue weighted by molar-refractivity contribution is 9.10. The van der Waals surface area contributed by atoms with Gasteiger partial charge in [0.25, 0.3) is 5.91 Å². The minimum Gasteiger partial charge on any atom is -0.383 e. The van der Waals surface area contributed by atoms with Crippen molar-refractivity contribution in [1.82, 2.24) is 4.90 Å². The number of nitrogens with zero attached hydrogens (tertiary/aromatic N) is 1. The average molecular weight is 419 g/mol. The molecule has 0 aliphatic carbocycles. The van der Waals surface area contributed by atoms with E-state index in [2.05, 4.69) is 21.2 Å². The second-order valence-electron chi connectivity index (χ2n) is 6.03. The summed E-state index contributed by atoms with van der Waals surface area (Å²) < 4.78 is 5.90. The van der Waals surface area contributed by atoms with Gasteiger partial charge in [-0.2, -0.15) is 0 Å². The summed E-state index contributed by atoms with van der Waals surface area (Å²) in [5, 5.41) is 2.89. The number of benzene rings is 2. The van der Waals surface area contributed by atoms with Gasteiger partial charge in [-0.25, -0.2) is 0 Å². The third kappa shape index (κ3) is 5.41. The van der Waals surface area contributed by atoms with Crippen LogP contribution in [0.1, 0.15) is 21.5 Å². The SMILES string of the molecule is COCCN(CC(=O)Nc1cccc(C)c1C)C(=O)c1cccc(Br)c1. The molecule has 0 radical (unpaired) electrons. The first-order valence-corrected chi connectivity index (χ1v) is 9.11. The predicted molar refractivity (Wildman–Crippen MR) is 106 cm³/mol. The number of rotatable bonds is 7. The first-order valence-electron chi connectivity index (χ1n) is 8.32. The summed E-state index contributed by atoms with van der Waals surface area (Å²) in [7, 11) is 1.57. The van der Waals surface area contributed by atoms with E-state index in [-0.39, 0.29) is 18.4 Å². The molecule has 0 aliphatic rings. The molecular weight excluding hydrogens is 396 g/mol. The first-order chi connectivity index (χ1) is 12.4. The molecule has 6 heteroatoms. The molecule has 0 aliphatic heterocycles. The van der Waals surface area contributed by atoms with Crippen LogP contribution in [0.3, 0.4) is 0 Å². The van der Waals surface area contributed by atoms with Gasteiger partial charge in [0.05, 0.1) is 6.61 Å². The molecule has 0 saturated heterocycles. The second kappa shape index (κ2) is 9.50. The number of nitrogens with one attached hydrogen (secondary N) is 1. The molecule has 2 rings (SSSR count). The Morgan fingerprint density at radius 1 is 1.15 bits per heavy atom. The molecule has 2 aromatic rings. The van der Waals surface area contributed by atoms with Crippen molar-refractivity contribution in [3.63, 3.8) is 0 Å². The molecule has 0 unspecified atom stereocenters. The van der Waals surface area contributed by atoms with E-state index in [0.29, 0.717) is 18.7 Å². The topological polar surface area (TPSA) is 58.6 Å². The van der Waals surface area contributed by atoms with E-state index in [1.807, 2.05) is 38.1 Å². The average Bonchev–Trinajstić information content (AvgIpc) is 2.62. The number of ether oxygens (including phenoxy) is 1. The standard InChI is InChI=1S/C20H23BrN2O3/c1-14-6-4-9-18(15(14)2)22-19(24)13-23(10-11-26-3)20(25)16-7-5-8-17(21)12-16/h4-9,12H,10-11,13H2,1-3H3,(H,22,24). The van der Waals surface area contributed by atoms with Gasteiger partial charge in [-0.3, -0.25) is 9.59 Å². The number of carbonyl (C=O) groups excluding carboxylic acids is 2. The molecule has 0 fully saturated rings. The Morgan fingerprint density at radius 3 is 2.58 bits per heavy atom. The predicted octanol–water partition coefficient (Wildman–Crippen LogP) is 3.79. The molecular formula is C20H23BrN2O3. The monoisotopic (exact) mass is 418 g/mol. The number of halogens is 1.